The van der Waals surface area contributed by atoms with Crippen molar-refractivity contribution in [1.82, 2.24) is 9.55 Å². The summed E-state index contributed by atoms with van der Waals surface area (Å²) in [6.45, 7) is 4.12. The Balaban J connectivity index is 2.33. The van der Waals surface area contributed by atoms with Gasteiger partial charge >= 0.3 is 5.97 Å². The third kappa shape index (κ3) is 1.44. The summed E-state index contributed by atoms with van der Waals surface area (Å²) in [5.74, 6) is 0.640. The fourth-order valence-electron chi connectivity index (χ4n) is 2.51. The van der Waals surface area contributed by atoms with Gasteiger partial charge in [0.1, 0.15) is 5.82 Å². The molecule has 0 saturated heterocycles. The SMILES string of the molecule is Cc1nc2cccc(C(=O)O)c2n1C1CC1C. The molecular formula is C13H14N2O2. The summed E-state index contributed by atoms with van der Waals surface area (Å²) in [6.07, 6.45) is 1.11. The highest BCUT2D eigenvalue weighted by Gasteiger charge is 2.37. The first-order valence-electron chi connectivity index (χ1n) is 5.80. The van der Waals surface area contributed by atoms with Crippen molar-refractivity contribution >= 4 is 17.0 Å². The van der Waals surface area contributed by atoms with Crippen molar-refractivity contribution in [1.29, 1.82) is 0 Å². The molecule has 4 nitrogen and oxygen atoms in total. The molecule has 1 fully saturated rings. The van der Waals surface area contributed by atoms with E-state index in [1.165, 1.54) is 0 Å². The van der Waals surface area contributed by atoms with E-state index >= 15 is 0 Å². The van der Waals surface area contributed by atoms with E-state index in [2.05, 4.69) is 16.5 Å². The zero-order chi connectivity index (χ0) is 12.2. The van der Waals surface area contributed by atoms with Gasteiger partial charge in [0.2, 0.25) is 0 Å². The monoisotopic (exact) mass is 230 g/mol. The molecule has 1 saturated carbocycles. The second-order valence-corrected chi connectivity index (χ2v) is 4.79. The van der Waals surface area contributed by atoms with Crippen LogP contribution in [0.1, 0.15) is 35.6 Å². The number of nitrogens with zero attached hydrogens (tertiary/aromatic N) is 2. The first-order valence-corrected chi connectivity index (χ1v) is 5.80. The summed E-state index contributed by atoms with van der Waals surface area (Å²) in [7, 11) is 0. The van der Waals surface area contributed by atoms with Gasteiger partial charge in [-0.25, -0.2) is 9.78 Å². The van der Waals surface area contributed by atoms with E-state index in [1.807, 2.05) is 13.0 Å². The van der Waals surface area contributed by atoms with Crippen LogP contribution < -0.4 is 0 Å². The fourth-order valence-corrected chi connectivity index (χ4v) is 2.51. The number of carboxylic acids is 1. The molecule has 1 aromatic heterocycles. The van der Waals surface area contributed by atoms with E-state index in [0.29, 0.717) is 17.5 Å². The van der Waals surface area contributed by atoms with Crippen molar-refractivity contribution in [3.63, 3.8) is 0 Å². The Labute approximate surface area is 98.9 Å². The van der Waals surface area contributed by atoms with Crippen molar-refractivity contribution in [2.24, 2.45) is 5.92 Å². The first-order chi connectivity index (χ1) is 8.09. The topological polar surface area (TPSA) is 55.1 Å². The summed E-state index contributed by atoms with van der Waals surface area (Å²) in [5, 5.41) is 9.24. The molecule has 2 atom stereocenters. The van der Waals surface area contributed by atoms with Gasteiger partial charge in [-0.1, -0.05) is 13.0 Å². The maximum atomic E-state index is 11.3. The standard InChI is InChI=1S/C13H14N2O2/c1-7-6-11(7)15-8(2)14-10-5-3-4-9(12(10)15)13(16)17/h3-5,7,11H,6H2,1-2H3,(H,16,17). The van der Waals surface area contributed by atoms with Gasteiger partial charge in [-0.2, -0.15) is 0 Å². The summed E-state index contributed by atoms with van der Waals surface area (Å²) in [4.78, 5) is 15.7. The number of carboxylic acid groups (broad SMARTS) is 1. The van der Waals surface area contributed by atoms with Crippen molar-refractivity contribution in [3.05, 3.63) is 29.6 Å². The number of imidazole rings is 1. The van der Waals surface area contributed by atoms with Gasteiger partial charge in [-0.05, 0) is 31.4 Å². The number of hydrogen-bond acceptors (Lipinski definition) is 2. The maximum absolute atomic E-state index is 11.3. The molecule has 1 aromatic carbocycles. The molecule has 0 amide bonds. The van der Waals surface area contributed by atoms with Crippen LogP contribution >= 0.6 is 0 Å². The van der Waals surface area contributed by atoms with Crippen LogP contribution in [0.15, 0.2) is 18.2 Å². The van der Waals surface area contributed by atoms with Gasteiger partial charge in [0.15, 0.2) is 0 Å². The van der Waals surface area contributed by atoms with Gasteiger partial charge in [0.05, 0.1) is 16.6 Å². The van der Waals surface area contributed by atoms with E-state index in [-0.39, 0.29) is 0 Å². The number of carbonyl (C=O) groups is 1. The molecule has 3 rings (SSSR count). The molecule has 1 N–H and O–H groups in total. The molecule has 0 spiro atoms. The number of aromatic carboxylic acids is 1. The quantitative estimate of drug-likeness (QED) is 0.862. The number of aromatic nitrogens is 2. The van der Waals surface area contributed by atoms with Crippen LogP contribution in [0.4, 0.5) is 0 Å². The van der Waals surface area contributed by atoms with Gasteiger partial charge < -0.3 is 9.67 Å². The molecule has 88 valence electrons. The Morgan fingerprint density at radius 3 is 2.82 bits per heavy atom. The van der Waals surface area contributed by atoms with E-state index < -0.39 is 5.97 Å². The molecule has 0 aliphatic heterocycles. The zero-order valence-corrected chi connectivity index (χ0v) is 9.84. The van der Waals surface area contributed by atoms with Crippen LogP contribution in [0, 0.1) is 12.8 Å². The summed E-state index contributed by atoms with van der Waals surface area (Å²) < 4.78 is 2.09. The third-order valence-electron chi connectivity index (χ3n) is 3.52. The van der Waals surface area contributed by atoms with Gasteiger partial charge in [0, 0.05) is 6.04 Å². The summed E-state index contributed by atoms with van der Waals surface area (Å²) >= 11 is 0. The number of hydrogen-bond donors (Lipinski definition) is 1. The lowest BCUT2D eigenvalue weighted by molar-refractivity contribution is 0.0698. The molecule has 1 heterocycles. The fraction of sp³-hybridized carbons (Fsp3) is 0.385. The molecule has 2 unspecified atom stereocenters. The van der Waals surface area contributed by atoms with Crippen LogP contribution in [0.3, 0.4) is 0 Å². The Morgan fingerprint density at radius 1 is 1.53 bits per heavy atom. The number of rotatable bonds is 2. The Hall–Kier alpha value is -1.84. The number of fused-ring (bicyclic) bond motifs is 1. The average Bonchev–Trinajstić information content (AvgIpc) is 2.88. The first kappa shape index (κ1) is 10.3. The second kappa shape index (κ2) is 3.32. The Kier molecular flexibility index (Phi) is 2.02. The molecule has 1 aliphatic rings. The Morgan fingerprint density at radius 2 is 2.24 bits per heavy atom. The van der Waals surface area contributed by atoms with Gasteiger partial charge in [-0.3, -0.25) is 0 Å². The summed E-state index contributed by atoms with van der Waals surface area (Å²) in [6, 6.07) is 5.69. The number of para-hydroxylation sites is 1. The molecule has 4 heteroatoms. The van der Waals surface area contributed by atoms with Gasteiger partial charge in [0.25, 0.3) is 0 Å². The summed E-state index contributed by atoms with van der Waals surface area (Å²) in [5.41, 5.74) is 1.90. The predicted octanol–water partition coefficient (Wildman–Crippen LogP) is 2.62. The molecule has 0 bridgehead atoms. The minimum absolute atomic E-state index is 0.349. The predicted molar refractivity (Wildman–Crippen MR) is 64.2 cm³/mol. The van der Waals surface area contributed by atoms with E-state index in [4.69, 9.17) is 0 Å². The van der Waals surface area contributed by atoms with Crippen molar-refractivity contribution in [3.8, 4) is 0 Å². The van der Waals surface area contributed by atoms with E-state index in [9.17, 15) is 9.90 Å². The molecule has 0 radical (unpaired) electrons. The van der Waals surface area contributed by atoms with Crippen molar-refractivity contribution < 1.29 is 9.90 Å². The highest BCUT2D eigenvalue weighted by Crippen LogP contribution is 2.45. The molecular weight excluding hydrogens is 216 g/mol. The van der Waals surface area contributed by atoms with Crippen molar-refractivity contribution in [2.75, 3.05) is 0 Å². The van der Waals surface area contributed by atoms with Crippen LogP contribution in [0.5, 0.6) is 0 Å². The van der Waals surface area contributed by atoms with Crippen LogP contribution in [0.2, 0.25) is 0 Å². The minimum Gasteiger partial charge on any atom is -0.478 e. The molecule has 1 aliphatic carbocycles. The van der Waals surface area contributed by atoms with Crippen LogP contribution in [-0.2, 0) is 0 Å². The molecule has 2 aromatic rings. The van der Waals surface area contributed by atoms with Crippen LogP contribution in [-0.4, -0.2) is 20.6 Å². The number of benzene rings is 1. The lowest BCUT2D eigenvalue weighted by atomic mass is 10.2. The highest BCUT2D eigenvalue weighted by molar-refractivity contribution is 6.01. The maximum Gasteiger partial charge on any atom is 0.337 e. The lowest BCUT2D eigenvalue weighted by Gasteiger charge is -2.07. The van der Waals surface area contributed by atoms with Gasteiger partial charge in [-0.15, -0.1) is 0 Å². The normalized spacial score (nSPS) is 22.9. The van der Waals surface area contributed by atoms with E-state index in [1.54, 1.807) is 12.1 Å². The number of aryl methyl sites for hydroxylation is 1. The average molecular weight is 230 g/mol. The highest BCUT2D eigenvalue weighted by atomic mass is 16.4. The van der Waals surface area contributed by atoms with E-state index in [0.717, 1.165) is 23.3 Å². The molecule has 17 heavy (non-hydrogen) atoms. The smallest absolute Gasteiger partial charge is 0.337 e. The lowest BCUT2D eigenvalue weighted by Crippen LogP contribution is -2.04. The minimum atomic E-state index is -0.884. The second-order valence-electron chi connectivity index (χ2n) is 4.79. The van der Waals surface area contributed by atoms with Crippen molar-refractivity contribution in [2.45, 2.75) is 26.3 Å². The third-order valence-corrected chi connectivity index (χ3v) is 3.52. The van der Waals surface area contributed by atoms with Crippen LogP contribution in [0.25, 0.3) is 11.0 Å². The zero-order valence-electron chi connectivity index (χ0n) is 9.84. The Bertz CT molecular complexity index is 615. The largest absolute Gasteiger partial charge is 0.478 e.